The molecule has 0 saturated carbocycles. The molecule has 0 aliphatic heterocycles. The number of carbonyl (C=O) groups excluding carboxylic acids is 3. The van der Waals surface area contributed by atoms with Crippen molar-refractivity contribution in [2.24, 2.45) is 11.5 Å². The molecule has 0 heterocycles. The van der Waals surface area contributed by atoms with Gasteiger partial charge in [0.15, 0.2) is 0 Å². The summed E-state index contributed by atoms with van der Waals surface area (Å²) < 4.78 is 0. The van der Waals surface area contributed by atoms with Crippen LogP contribution in [0, 0.1) is 0 Å². The van der Waals surface area contributed by atoms with Gasteiger partial charge in [0.05, 0.1) is 12.6 Å². The fourth-order valence-electron chi connectivity index (χ4n) is 2.92. The summed E-state index contributed by atoms with van der Waals surface area (Å²) in [4.78, 5) is 48.7. The molecule has 0 fully saturated rings. The van der Waals surface area contributed by atoms with Crippen molar-refractivity contribution in [1.29, 1.82) is 0 Å². The molecule has 12 heteroatoms. The highest BCUT2D eigenvalue weighted by atomic mass is 32.1. The number of unbranched alkanes of at least 4 members (excludes halogenated alkanes) is 1. The Hall–Kier alpha value is -2.67. The quantitative estimate of drug-likeness (QED) is 0.105. The highest BCUT2D eigenvalue weighted by Gasteiger charge is 2.29. The van der Waals surface area contributed by atoms with Crippen molar-refractivity contribution in [3.63, 3.8) is 0 Å². The third kappa shape index (κ3) is 10.2. The van der Waals surface area contributed by atoms with Gasteiger partial charge in [-0.3, -0.25) is 14.4 Å². The third-order valence-corrected chi connectivity index (χ3v) is 5.19. The lowest BCUT2D eigenvalue weighted by Gasteiger charge is -2.23. The van der Waals surface area contributed by atoms with E-state index < -0.39 is 54.5 Å². The minimum atomic E-state index is -1.41. The fraction of sp³-hybridized carbons (Fsp3) is 0.524. The average Bonchev–Trinajstić information content (AvgIpc) is 2.80. The normalized spacial score (nSPS) is 14.4. The molecule has 1 aromatic carbocycles. The maximum atomic E-state index is 12.6. The zero-order valence-electron chi connectivity index (χ0n) is 18.3. The molecule has 1 rings (SSSR count). The SMILES string of the molecule is NCCCCC(NC(=O)C(CO)NC(=O)C(CS)NC(=O)C(N)Cc1ccccc1)C(=O)O. The van der Waals surface area contributed by atoms with Gasteiger partial charge in [0.1, 0.15) is 18.1 Å². The van der Waals surface area contributed by atoms with Crippen molar-refractivity contribution >= 4 is 36.3 Å². The molecule has 4 atom stereocenters. The number of aliphatic hydroxyl groups is 1. The number of aliphatic hydroxyl groups excluding tert-OH is 1. The number of thiol groups is 1. The van der Waals surface area contributed by atoms with Crippen LogP contribution in [0.15, 0.2) is 30.3 Å². The van der Waals surface area contributed by atoms with Crippen molar-refractivity contribution in [3.05, 3.63) is 35.9 Å². The molecule has 0 radical (unpaired) electrons. The number of aliphatic carboxylic acids is 1. The van der Waals surface area contributed by atoms with Crippen molar-refractivity contribution in [2.75, 3.05) is 18.9 Å². The number of hydrogen-bond donors (Lipinski definition) is 8. The first-order valence-corrected chi connectivity index (χ1v) is 11.2. The van der Waals surface area contributed by atoms with E-state index in [-0.39, 0.29) is 18.6 Å². The first-order chi connectivity index (χ1) is 15.7. The summed E-state index contributed by atoms with van der Waals surface area (Å²) in [6, 6.07) is 4.48. The molecule has 1 aromatic rings. The van der Waals surface area contributed by atoms with Crippen LogP contribution in [0.25, 0.3) is 0 Å². The lowest BCUT2D eigenvalue weighted by atomic mass is 10.1. The van der Waals surface area contributed by atoms with Crippen LogP contribution in [-0.2, 0) is 25.6 Å². The van der Waals surface area contributed by atoms with E-state index in [2.05, 4.69) is 28.6 Å². The minimum absolute atomic E-state index is 0.0910. The second-order valence-corrected chi connectivity index (χ2v) is 7.83. The number of hydrogen-bond acceptors (Lipinski definition) is 8. The molecular weight excluding hydrogens is 450 g/mol. The zero-order chi connectivity index (χ0) is 24.8. The summed E-state index contributed by atoms with van der Waals surface area (Å²) in [5.41, 5.74) is 12.2. The van der Waals surface area contributed by atoms with E-state index in [1.165, 1.54) is 0 Å². The van der Waals surface area contributed by atoms with E-state index in [9.17, 15) is 29.4 Å². The Balaban J connectivity index is 2.67. The zero-order valence-corrected chi connectivity index (χ0v) is 19.2. The van der Waals surface area contributed by atoms with E-state index in [4.69, 9.17) is 11.5 Å². The lowest BCUT2D eigenvalue weighted by Crippen LogP contribution is -2.58. The molecular formula is C21H33N5O6S. The first-order valence-electron chi connectivity index (χ1n) is 10.6. The second kappa shape index (κ2) is 15.2. The maximum Gasteiger partial charge on any atom is 0.326 e. The molecule has 0 bridgehead atoms. The van der Waals surface area contributed by atoms with Crippen LogP contribution in [0.1, 0.15) is 24.8 Å². The third-order valence-electron chi connectivity index (χ3n) is 4.83. The Morgan fingerprint density at radius 1 is 0.909 bits per heavy atom. The van der Waals surface area contributed by atoms with E-state index >= 15 is 0 Å². The summed E-state index contributed by atoms with van der Waals surface area (Å²) >= 11 is 4.06. The van der Waals surface area contributed by atoms with Gasteiger partial charge in [-0.1, -0.05) is 30.3 Å². The van der Waals surface area contributed by atoms with Gasteiger partial charge in [0.25, 0.3) is 0 Å². The molecule has 0 spiro atoms. The van der Waals surface area contributed by atoms with Crippen molar-refractivity contribution in [2.45, 2.75) is 49.9 Å². The molecule has 0 aliphatic carbocycles. The van der Waals surface area contributed by atoms with Crippen LogP contribution in [0.5, 0.6) is 0 Å². The predicted octanol–water partition coefficient (Wildman–Crippen LogP) is -1.85. The van der Waals surface area contributed by atoms with E-state index in [0.29, 0.717) is 19.4 Å². The standard InChI is InChI=1S/C21H33N5O6S/c22-9-5-4-8-15(21(31)32)24-19(29)16(11-27)25-20(30)17(12-33)26-18(28)14(23)10-13-6-2-1-3-7-13/h1-3,6-7,14-17,27,33H,4-5,8-12,22-23H2,(H,24,29)(H,25,30)(H,26,28)(H,31,32). The van der Waals surface area contributed by atoms with Crippen molar-refractivity contribution < 1.29 is 29.4 Å². The Bertz CT molecular complexity index is 782. The van der Waals surface area contributed by atoms with Crippen molar-refractivity contribution in [1.82, 2.24) is 16.0 Å². The van der Waals surface area contributed by atoms with Crippen LogP contribution in [0.2, 0.25) is 0 Å². The van der Waals surface area contributed by atoms with Gasteiger partial charge in [0, 0.05) is 5.75 Å². The fourth-order valence-corrected chi connectivity index (χ4v) is 3.18. The molecule has 3 amide bonds. The molecule has 9 N–H and O–H groups in total. The summed E-state index contributed by atoms with van der Waals surface area (Å²) in [5.74, 6) is -3.54. The Morgan fingerprint density at radius 2 is 1.48 bits per heavy atom. The second-order valence-electron chi connectivity index (χ2n) is 7.47. The molecule has 4 unspecified atom stereocenters. The predicted molar refractivity (Wildman–Crippen MR) is 125 cm³/mol. The van der Waals surface area contributed by atoms with E-state index in [0.717, 1.165) is 5.56 Å². The Morgan fingerprint density at radius 3 is 2.03 bits per heavy atom. The Labute approximate surface area is 198 Å². The number of nitrogens with two attached hydrogens (primary N) is 2. The van der Waals surface area contributed by atoms with Crippen LogP contribution >= 0.6 is 12.6 Å². The summed E-state index contributed by atoms with van der Waals surface area (Å²) in [7, 11) is 0. The number of rotatable bonds is 15. The molecule has 0 aromatic heterocycles. The Kier molecular flexibility index (Phi) is 13.1. The number of carboxylic acids is 1. The molecule has 11 nitrogen and oxygen atoms in total. The summed E-state index contributed by atoms with van der Waals surface area (Å²) in [5, 5.41) is 25.9. The van der Waals surface area contributed by atoms with Crippen molar-refractivity contribution in [3.8, 4) is 0 Å². The molecule has 33 heavy (non-hydrogen) atoms. The highest BCUT2D eigenvalue weighted by molar-refractivity contribution is 7.80. The number of nitrogens with one attached hydrogen (secondary N) is 3. The van der Waals surface area contributed by atoms with Gasteiger partial charge in [-0.25, -0.2) is 4.79 Å². The van der Waals surface area contributed by atoms with Gasteiger partial charge in [-0.15, -0.1) is 0 Å². The topological polar surface area (TPSA) is 197 Å². The summed E-state index contributed by atoms with van der Waals surface area (Å²) in [6.45, 7) is -0.380. The monoisotopic (exact) mass is 483 g/mol. The lowest BCUT2D eigenvalue weighted by molar-refractivity contribution is -0.142. The van der Waals surface area contributed by atoms with Gasteiger partial charge < -0.3 is 37.6 Å². The number of carboxylic acid groups (broad SMARTS) is 1. The molecule has 0 aliphatic rings. The van der Waals surface area contributed by atoms with Crippen LogP contribution in [-0.4, -0.2) is 77.0 Å². The van der Waals surface area contributed by atoms with Gasteiger partial charge >= 0.3 is 5.97 Å². The first kappa shape index (κ1) is 28.4. The molecule has 184 valence electrons. The smallest absolute Gasteiger partial charge is 0.326 e. The van der Waals surface area contributed by atoms with E-state index in [1.54, 1.807) is 0 Å². The minimum Gasteiger partial charge on any atom is -0.480 e. The van der Waals surface area contributed by atoms with Gasteiger partial charge in [0.2, 0.25) is 17.7 Å². The number of carbonyl (C=O) groups is 4. The van der Waals surface area contributed by atoms with Crippen LogP contribution in [0.4, 0.5) is 0 Å². The number of benzene rings is 1. The van der Waals surface area contributed by atoms with Crippen LogP contribution < -0.4 is 27.4 Å². The largest absolute Gasteiger partial charge is 0.480 e. The average molecular weight is 484 g/mol. The number of amides is 3. The van der Waals surface area contributed by atoms with Gasteiger partial charge in [-0.2, -0.15) is 12.6 Å². The van der Waals surface area contributed by atoms with Gasteiger partial charge in [-0.05, 0) is 37.8 Å². The molecule has 0 saturated heterocycles. The van der Waals surface area contributed by atoms with E-state index in [1.807, 2.05) is 30.3 Å². The summed E-state index contributed by atoms with van der Waals surface area (Å²) in [6.07, 6.45) is 1.49. The highest BCUT2D eigenvalue weighted by Crippen LogP contribution is 2.04. The maximum absolute atomic E-state index is 12.6. The van der Waals surface area contributed by atoms with Crippen LogP contribution in [0.3, 0.4) is 0 Å².